The molecule has 0 fully saturated rings. The number of amides is 1. The van der Waals surface area contributed by atoms with E-state index in [4.69, 9.17) is 4.42 Å². The van der Waals surface area contributed by atoms with Crippen LogP contribution in [-0.4, -0.2) is 32.5 Å². The first-order chi connectivity index (χ1) is 13.8. The van der Waals surface area contributed by atoms with Crippen molar-refractivity contribution in [3.63, 3.8) is 0 Å². The van der Waals surface area contributed by atoms with Gasteiger partial charge in [0.2, 0.25) is 5.91 Å². The zero-order chi connectivity index (χ0) is 20.7. The van der Waals surface area contributed by atoms with Gasteiger partial charge in [-0.25, -0.2) is 9.50 Å². The van der Waals surface area contributed by atoms with Crippen molar-refractivity contribution in [1.29, 1.82) is 0 Å². The van der Waals surface area contributed by atoms with Gasteiger partial charge < -0.3 is 9.32 Å². The SMILES string of the molecule is Cc1cc2nc(C)c(CCC(=O)N(C)[C@@H](C)c3cc4ccccc4o3)c(C)n2n1. The summed E-state index contributed by atoms with van der Waals surface area (Å²) in [5.74, 6) is 0.873. The summed E-state index contributed by atoms with van der Waals surface area (Å²) >= 11 is 0. The molecule has 0 bridgehead atoms. The van der Waals surface area contributed by atoms with Crippen molar-refractivity contribution in [2.24, 2.45) is 0 Å². The molecule has 0 aliphatic rings. The number of nitrogens with zero attached hydrogens (tertiary/aromatic N) is 4. The highest BCUT2D eigenvalue weighted by molar-refractivity contribution is 5.79. The molecule has 0 aliphatic carbocycles. The van der Waals surface area contributed by atoms with Gasteiger partial charge in [0, 0.05) is 36.3 Å². The number of carbonyl (C=O) groups is 1. The molecule has 6 nitrogen and oxygen atoms in total. The minimum atomic E-state index is -0.133. The number of hydrogen-bond donors (Lipinski definition) is 0. The Morgan fingerprint density at radius 1 is 1.21 bits per heavy atom. The van der Waals surface area contributed by atoms with Gasteiger partial charge in [-0.3, -0.25) is 4.79 Å². The van der Waals surface area contributed by atoms with Crippen LogP contribution in [0.3, 0.4) is 0 Å². The van der Waals surface area contributed by atoms with Crippen LogP contribution in [0.2, 0.25) is 0 Å². The lowest BCUT2D eigenvalue weighted by Gasteiger charge is -2.23. The van der Waals surface area contributed by atoms with E-state index in [-0.39, 0.29) is 11.9 Å². The molecule has 4 rings (SSSR count). The Balaban J connectivity index is 1.49. The van der Waals surface area contributed by atoms with E-state index in [1.807, 2.05) is 75.7 Å². The summed E-state index contributed by atoms with van der Waals surface area (Å²) in [5.41, 5.74) is 5.71. The number of aryl methyl sites for hydroxylation is 3. The fourth-order valence-electron chi connectivity index (χ4n) is 3.83. The topological polar surface area (TPSA) is 63.6 Å². The number of aromatic nitrogens is 3. The van der Waals surface area contributed by atoms with Crippen LogP contribution in [0.5, 0.6) is 0 Å². The largest absolute Gasteiger partial charge is 0.459 e. The molecule has 6 heteroatoms. The van der Waals surface area contributed by atoms with E-state index in [1.165, 1.54) is 0 Å². The van der Waals surface area contributed by atoms with Gasteiger partial charge in [-0.15, -0.1) is 0 Å². The summed E-state index contributed by atoms with van der Waals surface area (Å²) in [7, 11) is 1.83. The molecule has 0 spiro atoms. The molecule has 3 aromatic heterocycles. The molecule has 0 N–H and O–H groups in total. The molecule has 1 atom stereocenters. The van der Waals surface area contributed by atoms with Crippen LogP contribution in [0.15, 0.2) is 40.8 Å². The molecular weight excluding hydrogens is 364 g/mol. The molecule has 4 aromatic rings. The molecule has 29 heavy (non-hydrogen) atoms. The van der Waals surface area contributed by atoms with E-state index in [2.05, 4.69) is 10.1 Å². The number of hydrogen-bond acceptors (Lipinski definition) is 4. The summed E-state index contributed by atoms with van der Waals surface area (Å²) in [6, 6.07) is 11.7. The second kappa shape index (κ2) is 7.35. The Bertz CT molecular complexity index is 1170. The molecule has 0 aliphatic heterocycles. The van der Waals surface area contributed by atoms with Crippen LogP contribution >= 0.6 is 0 Å². The molecule has 0 saturated carbocycles. The van der Waals surface area contributed by atoms with Gasteiger partial charge in [0.15, 0.2) is 5.65 Å². The monoisotopic (exact) mass is 390 g/mol. The van der Waals surface area contributed by atoms with Crippen LogP contribution in [-0.2, 0) is 11.2 Å². The first-order valence-corrected chi connectivity index (χ1v) is 9.91. The second-order valence-corrected chi connectivity index (χ2v) is 7.68. The highest BCUT2D eigenvalue weighted by Crippen LogP contribution is 2.27. The summed E-state index contributed by atoms with van der Waals surface area (Å²) < 4.78 is 7.80. The van der Waals surface area contributed by atoms with Crippen LogP contribution in [0.4, 0.5) is 0 Å². The van der Waals surface area contributed by atoms with Crippen molar-refractivity contribution >= 4 is 22.5 Å². The number of rotatable bonds is 5. The minimum absolute atomic E-state index is 0.0773. The van der Waals surface area contributed by atoms with Crippen molar-refractivity contribution < 1.29 is 9.21 Å². The summed E-state index contributed by atoms with van der Waals surface area (Å²) in [6.45, 7) is 7.98. The Morgan fingerprint density at radius 3 is 2.72 bits per heavy atom. The number of fused-ring (bicyclic) bond motifs is 2. The van der Waals surface area contributed by atoms with E-state index in [1.54, 1.807) is 4.90 Å². The highest BCUT2D eigenvalue weighted by Gasteiger charge is 2.21. The predicted octanol–water partition coefficient (Wildman–Crippen LogP) is 4.55. The molecule has 0 saturated heterocycles. The second-order valence-electron chi connectivity index (χ2n) is 7.68. The quantitative estimate of drug-likeness (QED) is 0.501. The first kappa shape index (κ1) is 19.2. The number of carbonyl (C=O) groups excluding carboxylic acids is 1. The van der Waals surface area contributed by atoms with E-state index >= 15 is 0 Å². The molecule has 3 heterocycles. The van der Waals surface area contributed by atoms with Gasteiger partial charge in [0.1, 0.15) is 11.3 Å². The van der Waals surface area contributed by atoms with E-state index < -0.39 is 0 Å². The smallest absolute Gasteiger partial charge is 0.223 e. The average Bonchev–Trinajstić information content (AvgIpc) is 3.29. The molecule has 150 valence electrons. The normalized spacial score (nSPS) is 12.6. The van der Waals surface area contributed by atoms with Crippen LogP contribution < -0.4 is 0 Å². The van der Waals surface area contributed by atoms with Crippen LogP contribution in [0, 0.1) is 20.8 Å². The highest BCUT2D eigenvalue weighted by atomic mass is 16.3. The van der Waals surface area contributed by atoms with Crippen LogP contribution in [0.1, 0.15) is 47.8 Å². The lowest BCUT2D eigenvalue weighted by molar-refractivity contribution is -0.132. The van der Waals surface area contributed by atoms with Crippen molar-refractivity contribution in [3.05, 3.63) is 64.8 Å². The Kier molecular flexibility index (Phi) is 4.86. The van der Waals surface area contributed by atoms with E-state index in [0.29, 0.717) is 12.8 Å². The third-order valence-electron chi connectivity index (χ3n) is 5.71. The number of benzene rings is 1. The van der Waals surface area contributed by atoms with Crippen molar-refractivity contribution in [2.45, 2.75) is 46.6 Å². The Hall–Kier alpha value is -3.15. The standard InChI is InChI=1S/C23H26N4O2/c1-14-12-22-24-15(2)19(16(3)27(22)25-14)10-11-23(28)26(5)17(4)21-13-18-8-6-7-9-20(18)29-21/h6-9,12-13,17H,10-11H2,1-5H3/t17-/m0/s1. The van der Waals surface area contributed by atoms with E-state index in [9.17, 15) is 4.79 Å². The van der Waals surface area contributed by atoms with Crippen LogP contribution in [0.25, 0.3) is 16.6 Å². The molecule has 0 unspecified atom stereocenters. The van der Waals surface area contributed by atoms with Crippen molar-refractivity contribution in [3.8, 4) is 0 Å². The van der Waals surface area contributed by atoms with E-state index in [0.717, 1.165) is 45.0 Å². The zero-order valence-electron chi connectivity index (χ0n) is 17.6. The van der Waals surface area contributed by atoms with Gasteiger partial charge in [0.25, 0.3) is 0 Å². The maximum absolute atomic E-state index is 12.9. The summed E-state index contributed by atoms with van der Waals surface area (Å²) in [5, 5.41) is 5.56. The lowest BCUT2D eigenvalue weighted by atomic mass is 10.1. The fraction of sp³-hybridized carbons (Fsp3) is 0.348. The predicted molar refractivity (Wildman–Crippen MR) is 113 cm³/mol. The number of para-hydroxylation sites is 1. The zero-order valence-corrected chi connectivity index (χ0v) is 17.6. The summed E-state index contributed by atoms with van der Waals surface area (Å²) in [4.78, 5) is 19.3. The third-order valence-corrected chi connectivity index (χ3v) is 5.71. The van der Waals surface area contributed by atoms with Gasteiger partial charge >= 0.3 is 0 Å². The minimum Gasteiger partial charge on any atom is -0.459 e. The van der Waals surface area contributed by atoms with Gasteiger partial charge in [-0.05, 0) is 51.8 Å². The maximum atomic E-state index is 12.9. The maximum Gasteiger partial charge on any atom is 0.223 e. The third kappa shape index (κ3) is 3.50. The average molecular weight is 390 g/mol. The van der Waals surface area contributed by atoms with Gasteiger partial charge in [0.05, 0.1) is 11.7 Å². The Morgan fingerprint density at radius 2 is 1.97 bits per heavy atom. The lowest BCUT2D eigenvalue weighted by Crippen LogP contribution is -2.29. The Labute approximate surface area is 170 Å². The van der Waals surface area contributed by atoms with Crippen molar-refractivity contribution in [1.82, 2.24) is 19.5 Å². The number of furan rings is 1. The first-order valence-electron chi connectivity index (χ1n) is 9.91. The molecule has 1 aromatic carbocycles. The molecular formula is C23H26N4O2. The molecule has 0 radical (unpaired) electrons. The summed E-state index contributed by atoms with van der Waals surface area (Å²) in [6.07, 6.45) is 1.05. The van der Waals surface area contributed by atoms with Gasteiger partial charge in [-0.1, -0.05) is 18.2 Å². The van der Waals surface area contributed by atoms with Gasteiger partial charge in [-0.2, -0.15) is 5.10 Å². The molecule has 1 amide bonds. The van der Waals surface area contributed by atoms with Crippen molar-refractivity contribution in [2.75, 3.05) is 7.05 Å². The fourth-order valence-corrected chi connectivity index (χ4v) is 3.83.